The Morgan fingerprint density at radius 3 is 2.67 bits per heavy atom. The molecule has 2 rings (SSSR count). The Hall–Kier alpha value is -2.49. The first-order valence-corrected chi connectivity index (χ1v) is 6.82. The number of nitrogen functional groups attached to an aromatic ring is 1. The third-order valence-corrected chi connectivity index (χ3v) is 3.36. The molecule has 3 N–H and O–H groups in total. The van der Waals surface area contributed by atoms with Gasteiger partial charge in [0.2, 0.25) is 0 Å². The third-order valence-electron chi connectivity index (χ3n) is 3.36. The van der Waals surface area contributed by atoms with Crippen LogP contribution >= 0.6 is 0 Å². The van der Waals surface area contributed by atoms with E-state index in [0.717, 1.165) is 5.56 Å². The predicted molar refractivity (Wildman–Crippen MR) is 84.5 cm³/mol. The van der Waals surface area contributed by atoms with E-state index >= 15 is 0 Å². The number of methoxy groups -OCH3 is 1. The van der Waals surface area contributed by atoms with Crippen molar-refractivity contribution in [1.82, 2.24) is 5.32 Å². The summed E-state index contributed by atoms with van der Waals surface area (Å²) < 4.78 is 5.21. The van der Waals surface area contributed by atoms with Crippen LogP contribution in [-0.2, 0) is 0 Å². The summed E-state index contributed by atoms with van der Waals surface area (Å²) in [6, 6.07) is 13.0. The first kappa shape index (κ1) is 14.9. The van der Waals surface area contributed by atoms with Gasteiger partial charge < -0.3 is 15.8 Å². The average Bonchev–Trinajstić information content (AvgIpc) is 2.46. The molecule has 0 spiro atoms. The smallest absolute Gasteiger partial charge is 0.255 e. The molecule has 0 bridgehead atoms. The summed E-state index contributed by atoms with van der Waals surface area (Å²) in [7, 11) is 1.52. The molecule has 0 heterocycles. The monoisotopic (exact) mass is 284 g/mol. The van der Waals surface area contributed by atoms with Crippen LogP contribution in [0.15, 0.2) is 42.5 Å². The van der Waals surface area contributed by atoms with Crippen LogP contribution in [0, 0.1) is 6.92 Å². The van der Waals surface area contributed by atoms with Crippen LogP contribution in [0.3, 0.4) is 0 Å². The number of amides is 1. The Morgan fingerprint density at radius 2 is 2.00 bits per heavy atom. The van der Waals surface area contributed by atoms with E-state index in [1.165, 1.54) is 12.7 Å². The summed E-state index contributed by atoms with van der Waals surface area (Å²) in [5.41, 5.74) is 8.98. The van der Waals surface area contributed by atoms with Crippen molar-refractivity contribution in [2.24, 2.45) is 0 Å². The maximum Gasteiger partial charge on any atom is 0.255 e. The van der Waals surface area contributed by atoms with Crippen LogP contribution in [0.25, 0.3) is 0 Å². The molecule has 1 amide bonds. The quantitative estimate of drug-likeness (QED) is 0.848. The van der Waals surface area contributed by atoms with Crippen LogP contribution in [0.4, 0.5) is 5.69 Å². The molecule has 0 saturated heterocycles. The zero-order valence-corrected chi connectivity index (χ0v) is 12.5. The van der Waals surface area contributed by atoms with E-state index in [1.807, 2.05) is 32.0 Å². The fourth-order valence-corrected chi connectivity index (χ4v) is 2.19. The molecule has 0 fully saturated rings. The lowest BCUT2D eigenvalue weighted by Crippen LogP contribution is -2.27. The van der Waals surface area contributed by atoms with E-state index in [9.17, 15) is 4.79 Å². The zero-order valence-electron chi connectivity index (χ0n) is 12.5. The fourth-order valence-electron chi connectivity index (χ4n) is 2.19. The predicted octanol–water partition coefficient (Wildman–Crippen LogP) is 3.08. The number of ether oxygens (including phenoxy) is 1. The zero-order chi connectivity index (χ0) is 15.4. The summed E-state index contributed by atoms with van der Waals surface area (Å²) in [5.74, 6) is 0.296. The summed E-state index contributed by atoms with van der Waals surface area (Å²) in [4.78, 5) is 12.4. The van der Waals surface area contributed by atoms with E-state index in [0.29, 0.717) is 17.0 Å². The van der Waals surface area contributed by atoms with Crippen LogP contribution in [-0.4, -0.2) is 13.0 Å². The van der Waals surface area contributed by atoms with Crippen LogP contribution in [0.1, 0.15) is 34.5 Å². The lowest BCUT2D eigenvalue weighted by Gasteiger charge is -2.16. The largest absolute Gasteiger partial charge is 0.496 e. The van der Waals surface area contributed by atoms with Gasteiger partial charge >= 0.3 is 0 Å². The molecule has 110 valence electrons. The number of anilines is 1. The van der Waals surface area contributed by atoms with Gasteiger partial charge in [0, 0.05) is 11.8 Å². The SMILES string of the molecule is COc1cc(N)ccc1C(=O)N[C@@H](C)c1cccc(C)c1. The van der Waals surface area contributed by atoms with Gasteiger partial charge in [0.15, 0.2) is 0 Å². The molecule has 2 aromatic carbocycles. The summed E-state index contributed by atoms with van der Waals surface area (Å²) >= 11 is 0. The summed E-state index contributed by atoms with van der Waals surface area (Å²) in [6.45, 7) is 3.98. The minimum absolute atomic E-state index is 0.0836. The number of benzene rings is 2. The maximum absolute atomic E-state index is 12.4. The second-order valence-electron chi connectivity index (χ2n) is 5.07. The number of aryl methyl sites for hydroxylation is 1. The van der Waals surface area contributed by atoms with Gasteiger partial charge in [0.25, 0.3) is 5.91 Å². The van der Waals surface area contributed by atoms with Gasteiger partial charge in [-0.05, 0) is 31.5 Å². The topological polar surface area (TPSA) is 64.3 Å². The van der Waals surface area contributed by atoms with Gasteiger partial charge in [-0.1, -0.05) is 29.8 Å². The third kappa shape index (κ3) is 3.54. The molecule has 0 aliphatic carbocycles. The van der Waals surface area contributed by atoms with Crippen LogP contribution in [0.2, 0.25) is 0 Å². The van der Waals surface area contributed by atoms with Gasteiger partial charge in [-0.2, -0.15) is 0 Å². The van der Waals surface area contributed by atoms with E-state index in [-0.39, 0.29) is 11.9 Å². The van der Waals surface area contributed by atoms with Gasteiger partial charge in [-0.3, -0.25) is 4.79 Å². The Morgan fingerprint density at radius 1 is 1.24 bits per heavy atom. The molecular formula is C17H20N2O2. The maximum atomic E-state index is 12.4. The second-order valence-corrected chi connectivity index (χ2v) is 5.07. The first-order chi connectivity index (χ1) is 10.0. The minimum Gasteiger partial charge on any atom is -0.496 e. The van der Waals surface area contributed by atoms with Gasteiger partial charge in [-0.25, -0.2) is 0 Å². The van der Waals surface area contributed by atoms with Crippen molar-refractivity contribution >= 4 is 11.6 Å². The molecule has 4 heteroatoms. The van der Waals surface area contributed by atoms with Crippen molar-refractivity contribution in [3.05, 3.63) is 59.2 Å². The highest BCUT2D eigenvalue weighted by Crippen LogP contribution is 2.22. The van der Waals surface area contributed by atoms with Crippen molar-refractivity contribution < 1.29 is 9.53 Å². The van der Waals surface area contributed by atoms with E-state index < -0.39 is 0 Å². The molecule has 0 aliphatic heterocycles. The van der Waals surface area contributed by atoms with Gasteiger partial charge in [-0.15, -0.1) is 0 Å². The second kappa shape index (κ2) is 6.31. The molecule has 0 unspecified atom stereocenters. The molecule has 0 aliphatic rings. The van der Waals surface area contributed by atoms with Crippen molar-refractivity contribution in [2.45, 2.75) is 19.9 Å². The Kier molecular flexibility index (Phi) is 4.48. The number of carbonyl (C=O) groups excluding carboxylic acids is 1. The lowest BCUT2D eigenvalue weighted by atomic mass is 10.1. The highest BCUT2D eigenvalue weighted by Gasteiger charge is 2.15. The Balaban J connectivity index is 2.18. The van der Waals surface area contributed by atoms with Crippen molar-refractivity contribution in [1.29, 1.82) is 0 Å². The molecular weight excluding hydrogens is 264 g/mol. The standard InChI is InChI=1S/C17H20N2O2/c1-11-5-4-6-13(9-11)12(2)19-17(20)15-8-7-14(18)10-16(15)21-3/h4-10,12H,18H2,1-3H3,(H,19,20)/t12-/m0/s1. The number of hydrogen-bond donors (Lipinski definition) is 2. The van der Waals surface area contributed by atoms with Crippen molar-refractivity contribution in [3.63, 3.8) is 0 Å². The Labute approximate surface area is 124 Å². The summed E-state index contributed by atoms with van der Waals surface area (Å²) in [6.07, 6.45) is 0. The van der Waals surface area contributed by atoms with E-state index in [4.69, 9.17) is 10.5 Å². The molecule has 0 radical (unpaired) electrons. The molecule has 21 heavy (non-hydrogen) atoms. The lowest BCUT2D eigenvalue weighted by molar-refractivity contribution is 0.0937. The van der Waals surface area contributed by atoms with Gasteiger partial charge in [0.1, 0.15) is 5.75 Å². The Bertz CT molecular complexity index is 653. The van der Waals surface area contributed by atoms with E-state index in [1.54, 1.807) is 18.2 Å². The number of rotatable bonds is 4. The molecule has 2 aromatic rings. The van der Waals surface area contributed by atoms with Crippen LogP contribution < -0.4 is 15.8 Å². The fraction of sp³-hybridized carbons (Fsp3) is 0.235. The van der Waals surface area contributed by atoms with E-state index in [2.05, 4.69) is 11.4 Å². The minimum atomic E-state index is -0.180. The highest BCUT2D eigenvalue weighted by atomic mass is 16.5. The molecule has 0 saturated carbocycles. The normalized spacial score (nSPS) is 11.8. The van der Waals surface area contributed by atoms with Crippen LogP contribution in [0.5, 0.6) is 5.75 Å². The summed E-state index contributed by atoms with van der Waals surface area (Å²) in [5, 5.41) is 2.97. The van der Waals surface area contributed by atoms with Crippen molar-refractivity contribution in [2.75, 3.05) is 12.8 Å². The highest BCUT2D eigenvalue weighted by molar-refractivity contribution is 5.97. The number of nitrogens with one attached hydrogen (secondary N) is 1. The molecule has 4 nitrogen and oxygen atoms in total. The molecule has 1 atom stereocenters. The number of hydrogen-bond acceptors (Lipinski definition) is 3. The average molecular weight is 284 g/mol. The molecule has 0 aromatic heterocycles. The first-order valence-electron chi connectivity index (χ1n) is 6.82. The van der Waals surface area contributed by atoms with Crippen molar-refractivity contribution in [3.8, 4) is 5.75 Å². The number of carbonyl (C=O) groups is 1. The van der Waals surface area contributed by atoms with Gasteiger partial charge in [0.05, 0.1) is 18.7 Å². The number of nitrogens with two attached hydrogens (primary N) is 1.